The normalized spacial score (nSPS) is 10.1. The van der Waals surface area contributed by atoms with Gasteiger partial charge in [0.15, 0.2) is 0 Å². The molecular formula is C12H17FN2O. The molecule has 88 valence electrons. The van der Waals surface area contributed by atoms with Crippen molar-refractivity contribution in [2.75, 3.05) is 7.05 Å². The summed E-state index contributed by atoms with van der Waals surface area (Å²) in [5.41, 5.74) is 5.79. The number of hydrogen-bond donors (Lipinski definition) is 2. The average molecular weight is 224 g/mol. The number of unbranched alkanes of at least 4 members (excludes halogenated alkanes) is 1. The number of halogens is 1. The highest BCUT2D eigenvalue weighted by Crippen LogP contribution is 2.10. The first-order chi connectivity index (χ1) is 7.74. The van der Waals surface area contributed by atoms with Crippen LogP contribution in [0.25, 0.3) is 0 Å². The van der Waals surface area contributed by atoms with Gasteiger partial charge in [-0.3, -0.25) is 10.2 Å². The second kappa shape index (κ2) is 6.95. The molecule has 4 heteroatoms. The Labute approximate surface area is 95.0 Å². The second-order valence-corrected chi connectivity index (χ2v) is 3.60. The molecule has 0 saturated carbocycles. The van der Waals surface area contributed by atoms with Crippen LogP contribution in [0.1, 0.15) is 24.8 Å². The molecule has 0 fully saturated rings. The number of amides is 1. The van der Waals surface area contributed by atoms with E-state index in [-0.39, 0.29) is 11.7 Å². The van der Waals surface area contributed by atoms with Gasteiger partial charge in [-0.15, -0.1) is 0 Å². The maximum absolute atomic E-state index is 13.2. The molecule has 0 spiro atoms. The van der Waals surface area contributed by atoms with Crippen LogP contribution < -0.4 is 10.9 Å². The van der Waals surface area contributed by atoms with Crippen LogP contribution in [-0.4, -0.2) is 13.0 Å². The minimum atomic E-state index is -0.165. The number of rotatable bonds is 6. The van der Waals surface area contributed by atoms with Crippen LogP contribution in [0.4, 0.5) is 4.39 Å². The summed E-state index contributed by atoms with van der Waals surface area (Å²) in [6.45, 7) is 0. The van der Waals surface area contributed by atoms with Gasteiger partial charge in [0.2, 0.25) is 5.91 Å². The first-order valence-electron chi connectivity index (χ1n) is 5.43. The molecule has 0 atom stereocenters. The SMILES string of the molecule is CNNC(=O)CCCCc1ccccc1F. The molecule has 0 saturated heterocycles. The second-order valence-electron chi connectivity index (χ2n) is 3.60. The fourth-order valence-corrected chi connectivity index (χ4v) is 1.50. The van der Waals surface area contributed by atoms with Gasteiger partial charge >= 0.3 is 0 Å². The van der Waals surface area contributed by atoms with Gasteiger partial charge in [-0.05, 0) is 30.9 Å². The lowest BCUT2D eigenvalue weighted by Crippen LogP contribution is -2.33. The number of benzene rings is 1. The van der Waals surface area contributed by atoms with Gasteiger partial charge in [-0.2, -0.15) is 0 Å². The molecule has 0 aromatic heterocycles. The highest BCUT2D eigenvalue weighted by atomic mass is 19.1. The maximum atomic E-state index is 13.2. The zero-order valence-electron chi connectivity index (χ0n) is 9.42. The Kier molecular flexibility index (Phi) is 5.50. The smallest absolute Gasteiger partial charge is 0.234 e. The number of carbonyl (C=O) groups is 1. The van der Waals surface area contributed by atoms with E-state index in [2.05, 4.69) is 10.9 Å². The quantitative estimate of drug-likeness (QED) is 0.571. The van der Waals surface area contributed by atoms with Crippen LogP contribution in [0.3, 0.4) is 0 Å². The van der Waals surface area contributed by atoms with Gasteiger partial charge in [0.1, 0.15) is 5.82 Å². The number of aryl methyl sites for hydroxylation is 1. The van der Waals surface area contributed by atoms with Crippen LogP contribution >= 0.6 is 0 Å². The summed E-state index contributed by atoms with van der Waals surface area (Å²) in [4.78, 5) is 11.1. The third-order valence-electron chi connectivity index (χ3n) is 2.32. The van der Waals surface area contributed by atoms with Gasteiger partial charge in [0, 0.05) is 13.5 Å². The summed E-state index contributed by atoms with van der Waals surface area (Å²) in [6, 6.07) is 6.75. The fraction of sp³-hybridized carbons (Fsp3) is 0.417. The minimum absolute atomic E-state index is 0.0315. The molecule has 1 rings (SSSR count). The minimum Gasteiger partial charge on any atom is -0.292 e. The molecule has 1 aromatic rings. The molecule has 0 unspecified atom stereocenters. The summed E-state index contributed by atoms with van der Waals surface area (Å²) in [7, 11) is 1.65. The molecule has 2 N–H and O–H groups in total. The van der Waals surface area contributed by atoms with Crippen molar-refractivity contribution >= 4 is 5.91 Å². The summed E-state index contributed by atoms with van der Waals surface area (Å²) < 4.78 is 13.2. The third-order valence-corrected chi connectivity index (χ3v) is 2.32. The molecule has 1 aromatic carbocycles. The predicted octanol–water partition coefficient (Wildman–Crippen LogP) is 1.79. The molecule has 0 aliphatic rings. The lowest BCUT2D eigenvalue weighted by Gasteiger charge is -2.04. The van der Waals surface area contributed by atoms with Crippen molar-refractivity contribution in [2.45, 2.75) is 25.7 Å². The molecule has 0 bridgehead atoms. The van der Waals surface area contributed by atoms with Gasteiger partial charge in [-0.1, -0.05) is 18.2 Å². The maximum Gasteiger partial charge on any atom is 0.234 e. The summed E-state index contributed by atoms with van der Waals surface area (Å²) in [5, 5.41) is 0. The van der Waals surface area contributed by atoms with Crippen LogP contribution in [0, 0.1) is 5.82 Å². The van der Waals surface area contributed by atoms with E-state index in [4.69, 9.17) is 0 Å². The topological polar surface area (TPSA) is 41.1 Å². The van der Waals surface area contributed by atoms with E-state index < -0.39 is 0 Å². The van der Waals surface area contributed by atoms with Crippen molar-refractivity contribution in [1.82, 2.24) is 10.9 Å². The molecule has 3 nitrogen and oxygen atoms in total. The highest BCUT2D eigenvalue weighted by molar-refractivity contribution is 5.75. The first kappa shape index (κ1) is 12.6. The van der Waals surface area contributed by atoms with Crippen molar-refractivity contribution < 1.29 is 9.18 Å². The third kappa shape index (κ3) is 4.40. The Morgan fingerprint density at radius 3 is 2.75 bits per heavy atom. The summed E-state index contributed by atoms with van der Waals surface area (Å²) >= 11 is 0. The van der Waals surface area contributed by atoms with Gasteiger partial charge < -0.3 is 0 Å². The zero-order valence-corrected chi connectivity index (χ0v) is 9.42. The molecule has 0 aliphatic carbocycles. The Morgan fingerprint density at radius 2 is 2.06 bits per heavy atom. The van der Waals surface area contributed by atoms with E-state index in [1.165, 1.54) is 6.07 Å². The lowest BCUT2D eigenvalue weighted by molar-refractivity contribution is -0.122. The Hall–Kier alpha value is -1.42. The molecule has 16 heavy (non-hydrogen) atoms. The Morgan fingerprint density at radius 1 is 1.31 bits per heavy atom. The molecular weight excluding hydrogens is 207 g/mol. The van der Waals surface area contributed by atoms with Crippen LogP contribution in [0.2, 0.25) is 0 Å². The Balaban J connectivity index is 2.21. The summed E-state index contributed by atoms with van der Waals surface area (Å²) in [6.07, 6.45) is 2.73. The van der Waals surface area contributed by atoms with E-state index in [1.807, 2.05) is 6.07 Å². The molecule has 1 amide bonds. The zero-order chi connectivity index (χ0) is 11.8. The van der Waals surface area contributed by atoms with E-state index in [9.17, 15) is 9.18 Å². The van der Waals surface area contributed by atoms with Crippen molar-refractivity contribution in [3.05, 3.63) is 35.6 Å². The molecule has 0 aliphatic heterocycles. The average Bonchev–Trinajstić information content (AvgIpc) is 2.27. The van der Waals surface area contributed by atoms with Gasteiger partial charge in [0.05, 0.1) is 0 Å². The van der Waals surface area contributed by atoms with Crippen molar-refractivity contribution in [1.29, 1.82) is 0 Å². The number of hydrazine groups is 1. The molecule has 0 radical (unpaired) electrons. The van der Waals surface area contributed by atoms with Crippen molar-refractivity contribution in [2.24, 2.45) is 0 Å². The molecule has 0 heterocycles. The van der Waals surface area contributed by atoms with Crippen molar-refractivity contribution in [3.8, 4) is 0 Å². The standard InChI is InChI=1S/C12H17FN2O/c1-14-15-12(16)9-5-3-7-10-6-2-4-8-11(10)13/h2,4,6,8,14H,3,5,7,9H2,1H3,(H,15,16). The first-order valence-corrected chi connectivity index (χ1v) is 5.43. The van der Waals surface area contributed by atoms with Crippen molar-refractivity contribution in [3.63, 3.8) is 0 Å². The Bertz CT molecular complexity index is 342. The highest BCUT2D eigenvalue weighted by Gasteiger charge is 2.02. The summed E-state index contributed by atoms with van der Waals surface area (Å²) in [5.74, 6) is -0.196. The van der Waals surface area contributed by atoms with E-state index in [0.717, 1.165) is 18.4 Å². The number of hydrogen-bond acceptors (Lipinski definition) is 2. The van der Waals surface area contributed by atoms with Crippen LogP contribution in [0.15, 0.2) is 24.3 Å². The van der Waals surface area contributed by atoms with Crippen LogP contribution in [-0.2, 0) is 11.2 Å². The van der Waals surface area contributed by atoms with Gasteiger partial charge in [0.25, 0.3) is 0 Å². The number of carbonyl (C=O) groups excluding carboxylic acids is 1. The fourth-order valence-electron chi connectivity index (χ4n) is 1.50. The lowest BCUT2D eigenvalue weighted by atomic mass is 10.1. The predicted molar refractivity (Wildman–Crippen MR) is 61.2 cm³/mol. The van der Waals surface area contributed by atoms with E-state index in [0.29, 0.717) is 12.8 Å². The van der Waals surface area contributed by atoms with E-state index in [1.54, 1.807) is 19.2 Å². The van der Waals surface area contributed by atoms with Gasteiger partial charge in [-0.25, -0.2) is 9.82 Å². The van der Waals surface area contributed by atoms with Crippen LogP contribution in [0.5, 0.6) is 0 Å². The number of nitrogens with one attached hydrogen (secondary N) is 2. The largest absolute Gasteiger partial charge is 0.292 e. The van der Waals surface area contributed by atoms with E-state index >= 15 is 0 Å². The monoisotopic (exact) mass is 224 g/mol.